The van der Waals surface area contributed by atoms with Crippen molar-refractivity contribution < 1.29 is 8.42 Å². The lowest BCUT2D eigenvalue weighted by molar-refractivity contribution is 0.601. The van der Waals surface area contributed by atoms with Crippen molar-refractivity contribution in [2.24, 2.45) is 0 Å². The number of aryl methyl sites for hydroxylation is 2. The fourth-order valence-corrected chi connectivity index (χ4v) is 2.87. The predicted molar refractivity (Wildman–Crippen MR) is 75.4 cm³/mol. The molecule has 2 rings (SSSR count). The average Bonchev–Trinajstić information content (AvgIpc) is 2.35. The molecule has 0 aliphatic carbocycles. The normalized spacial score (nSPS) is 11.3. The molecule has 0 saturated carbocycles. The number of sulfonamides is 1. The molecule has 1 aromatic heterocycles. The van der Waals surface area contributed by atoms with Crippen LogP contribution in [0, 0.1) is 13.8 Å². The average molecular weight is 277 g/mol. The highest BCUT2D eigenvalue weighted by Crippen LogP contribution is 2.23. The van der Waals surface area contributed by atoms with Crippen LogP contribution in [-0.4, -0.2) is 13.4 Å². The second-order valence-corrected chi connectivity index (χ2v) is 5.97. The number of pyridine rings is 1. The van der Waals surface area contributed by atoms with Crippen molar-refractivity contribution in [3.8, 4) is 0 Å². The minimum atomic E-state index is -3.64. The molecule has 0 radical (unpaired) electrons. The molecule has 0 amide bonds. The SMILES string of the molecule is Cc1cccc(C)c1NS(=O)(=O)c1ccc(N)nc1. The molecule has 6 heteroatoms. The minimum absolute atomic E-state index is 0.0874. The van der Waals surface area contributed by atoms with Crippen LogP contribution in [0.5, 0.6) is 0 Å². The number of para-hydroxylation sites is 1. The summed E-state index contributed by atoms with van der Waals surface area (Å²) in [7, 11) is -3.64. The summed E-state index contributed by atoms with van der Waals surface area (Å²) in [5, 5.41) is 0. The van der Waals surface area contributed by atoms with Gasteiger partial charge in [-0.25, -0.2) is 13.4 Å². The first-order valence-electron chi connectivity index (χ1n) is 5.71. The van der Waals surface area contributed by atoms with Gasteiger partial charge in [0, 0.05) is 6.20 Å². The first-order valence-corrected chi connectivity index (χ1v) is 7.19. The van der Waals surface area contributed by atoms with Crippen LogP contribution in [-0.2, 0) is 10.0 Å². The van der Waals surface area contributed by atoms with Crippen molar-refractivity contribution in [2.75, 3.05) is 10.5 Å². The molecule has 0 aliphatic rings. The van der Waals surface area contributed by atoms with Gasteiger partial charge in [-0.05, 0) is 37.1 Å². The van der Waals surface area contributed by atoms with Crippen LogP contribution in [0.1, 0.15) is 11.1 Å². The number of nitrogens with two attached hydrogens (primary N) is 1. The standard InChI is InChI=1S/C13H15N3O2S/c1-9-4-3-5-10(2)13(9)16-19(17,18)11-6-7-12(14)15-8-11/h3-8,16H,1-2H3,(H2,14,15). The zero-order valence-corrected chi connectivity index (χ0v) is 11.5. The van der Waals surface area contributed by atoms with Crippen LogP contribution < -0.4 is 10.5 Å². The van der Waals surface area contributed by atoms with Crippen molar-refractivity contribution >= 4 is 21.5 Å². The molecule has 0 fully saturated rings. The molecule has 3 N–H and O–H groups in total. The van der Waals surface area contributed by atoms with Gasteiger partial charge in [0.2, 0.25) is 0 Å². The summed E-state index contributed by atoms with van der Waals surface area (Å²) < 4.78 is 27.0. The van der Waals surface area contributed by atoms with Crippen molar-refractivity contribution in [1.82, 2.24) is 4.98 Å². The highest BCUT2D eigenvalue weighted by atomic mass is 32.2. The number of hydrogen-bond donors (Lipinski definition) is 2. The van der Waals surface area contributed by atoms with Crippen LogP contribution in [0.3, 0.4) is 0 Å². The summed E-state index contributed by atoms with van der Waals surface area (Å²) in [5.41, 5.74) is 7.78. The molecule has 0 aliphatic heterocycles. The van der Waals surface area contributed by atoms with E-state index in [1.807, 2.05) is 32.0 Å². The fraction of sp³-hybridized carbons (Fsp3) is 0.154. The summed E-state index contributed by atoms with van der Waals surface area (Å²) in [5.74, 6) is 0.283. The summed E-state index contributed by atoms with van der Waals surface area (Å²) in [6.45, 7) is 3.71. The largest absolute Gasteiger partial charge is 0.384 e. The van der Waals surface area contributed by atoms with Crippen molar-refractivity contribution in [2.45, 2.75) is 18.7 Å². The Kier molecular flexibility index (Phi) is 3.44. The van der Waals surface area contributed by atoms with E-state index in [1.165, 1.54) is 18.3 Å². The van der Waals surface area contributed by atoms with Gasteiger partial charge in [0.25, 0.3) is 10.0 Å². The molecule has 5 nitrogen and oxygen atoms in total. The van der Waals surface area contributed by atoms with Crippen LogP contribution >= 0.6 is 0 Å². The van der Waals surface area contributed by atoms with Crippen molar-refractivity contribution in [1.29, 1.82) is 0 Å². The van der Waals surface area contributed by atoms with Gasteiger partial charge in [0.1, 0.15) is 10.7 Å². The molecule has 0 unspecified atom stereocenters. The number of benzene rings is 1. The van der Waals surface area contributed by atoms with Crippen molar-refractivity contribution in [3.05, 3.63) is 47.7 Å². The first kappa shape index (κ1) is 13.4. The van der Waals surface area contributed by atoms with Crippen LogP contribution in [0.2, 0.25) is 0 Å². The van der Waals surface area contributed by atoms with E-state index in [0.717, 1.165) is 11.1 Å². The highest BCUT2D eigenvalue weighted by Gasteiger charge is 2.16. The molecule has 1 heterocycles. The maximum Gasteiger partial charge on any atom is 0.263 e. The highest BCUT2D eigenvalue weighted by molar-refractivity contribution is 7.92. The van der Waals surface area contributed by atoms with Gasteiger partial charge in [0.05, 0.1) is 5.69 Å². The lowest BCUT2D eigenvalue weighted by Gasteiger charge is -2.12. The molecule has 0 saturated heterocycles. The Balaban J connectivity index is 2.39. The van der Waals surface area contributed by atoms with E-state index in [1.54, 1.807) is 0 Å². The third-order valence-electron chi connectivity index (χ3n) is 2.79. The third-order valence-corrected chi connectivity index (χ3v) is 4.12. The van der Waals surface area contributed by atoms with E-state index in [0.29, 0.717) is 5.69 Å². The minimum Gasteiger partial charge on any atom is -0.384 e. The van der Waals surface area contributed by atoms with Gasteiger partial charge in [-0.15, -0.1) is 0 Å². The topological polar surface area (TPSA) is 85.1 Å². The van der Waals surface area contributed by atoms with E-state index in [9.17, 15) is 8.42 Å². The molecule has 0 spiro atoms. The van der Waals surface area contributed by atoms with Gasteiger partial charge < -0.3 is 5.73 Å². The lowest BCUT2D eigenvalue weighted by atomic mass is 10.1. The monoisotopic (exact) mass is 277 g/mol. The van der Waals surface area contributed by atoms with Gasteiger partial charge in [-0.3, -0.25) is 4.72 Å². The molecular weight excluding hydrogens is 262 g/mol. The smallest absolute Gasteiger partial charge is 0.263 e. The number of nitrogens with one attached hydrogen (secondary N) is 1. The van der Waals surface area contributed by atoms with Crippen molar-refractivity contribution in [3.63, 3.8) is 0 Å². The number of rotatable bonds is 3. The zero-order valence-electron chi connectivity index (χ0n) is 10.7. The molecule has 0 atom stereocenters. The predicted octanol–water partition coefficient (Wildman–Crippen LogP) is 2.08. The fourth-order valence-electron chi connectivity index (χ4n) is 1.72. The summed E-state index contributed by atoms with van der Waals surface area (Å²) >= 11 is 0. The number of nitrogens with zero attached hydrogens (tertiary/aromatic N) is 1. The van der Waals surface area contributed by atoms with Crippen LogP contribution in [0.25, 0.3) is 0 Å². The molecule has 0 bridgehead atoms. The van der Waals surface area contributed by atoms with Crippen LogP contribution in [0.4, 0.5) is 11.5 Å². The zero-order chi connectivity index (χ0) is 14.0. The van der Waals surface area contributed by atoms with E-state index in [4.69, 9.17) is 5.73 Å². The van der Waals surface area contributed by atoms with Gasteiger partial charge in [-0.2, -0.15) is 0 Å². The maximum absolute atomic E-state index is 12.2. The number of aromatic nitrogens is 1. The van der Waals surface area contributed by atoms with E-state index in [-0.39, 0.29) is 10.7 Å². The Bertz CT molecular complexity index is 674. The Morgan fingerprint density at radius 3 is 2.26 bits per heavy atom. The molecule has 19 heavy (non-hydrogen) atoms. The van der Waals surface area contributed by atoms with Crippen LogP contribution in [0.15, 0.2) is 41.4 Å². The first-order chi connectivity index (χ1) is 8.90. The maximum atomic E-state index is 12.2. The Hall–Kier alpha value is -2.08. The second-order valence-electron chi connectivity index (χ2n) is 4.29. The second kappa shape index (κ2) is 4.89. The van der Waals surface area contributed by atoms with Gasteiger partial charge in [0.15, 0.2) is 0 Å². The molecule has 1 aromatic carbocycles. The Labute approximate surface area is 112 Å². The summed E-state index contributed by atoms with van der Waals surface area (Å²) in [6, 6.07) is 8.48. The molecular formula is C13H15N3O2S. The Morgan fingerprint density at radius 1 is 1.11 bits per heavy atom. The molecule has 2 aromatic rings. The van der Waals surface area contributed by atoms with E-state index >= 15 is 0 Å². The quantitative estimate of drug-likeness (QED) is 0.899. The van der Waals surface area contributed by atoms with E-state index < -0.39 is 10.0 Å². The number of anilines is 2. The summed E-state index contributed by atoms with van der Waals surface area (Å²) in [6.07, 6.45) is 1.24. The molecule has 100 valence electrons. The van der Waals surface area contributed by atoms with Gasteiger partial charge in [-0.1, -0.05) is 18.2 Å². The summed E-state index contributed by atoms with van der Waals surface area (Å²) in [4.78, 5) is 3.88. The lowest BCUT2D eigenvalue weighted by Crippen LogP contribution is -2.15. The number of hydrogen-bond acceptors (Lipinski definition) is 4. The number of nitrogen functional groups attached to an aromatic ring is 1. The van der Waals surface area contributed by atoms with E-state index in [2.05, 4.69) is 9.71 Å². The third kappa shape index (κ3) is 2.85. The van der Waals surface area contributed by atoms with Gasteiger partial charge >= 0.3 is 0 Å². The Morgan fingerprint density at radius 2 is 1.74 bits per heavy atom.